The number of nitrogens with one attached hydrogen (secondary N) is 1. The fourth-order valence-electron chi connectivity index (χ4n) is 3.33. The third kappa shape index (κ3) is 2.88. The minimum absolute atomic E-state index is 0.554. The standard InChI is InChI=1S/C19H20BrN3/c1-13-6-8-14(9-7-13)18-19(21-16-4-2-3-5-16)23-12-15(20)10-11-17(23)22-18/h6-12,16,21H,2-5H2,1H3. The summed E-state index contributed by atoms with van der Waals surface area (Å²) in [6.07, 6.45) is 7.22. The van der Waals surface area contributed by atoms with Crippen LogP contribution in [0.5, 0.6) is 0 Å². The third-order valence-electron chi connectivity index (χ3n) is 4.60. The lowest BCUT2D eigenvalue weighted by atomic mass is 10.1. The Bertz CT molecular complexity index is 830. The minimum atomic E-state index is 0.554. The molecule has 1 aliphatic carbocycles. The Labute approximate surface area is 144 Å². The molecule has 23 heavy (non-hydrogen) atoms. The van der Waals surface area contributed by atoms with Gasteiger partial charge in [-0.3, -0.25) is 4.40 Å². The molecule has 0 atom stereocenters. The minimum Gasteiger partial charge on any atom is -0.367 e. The summed E-state index contributed by atoms with van der Waals surface area (Å²) in [6.45, 7) is 2.11. The summed E-state index contributed by atoms with van der Waals surface area (Å²) in [4.78, 5) is 4.88. The molecule has 1 aromatic carbocycles. The number of rotatable bonds is 3. The van der Waals surface area contributed by atoms with E-state index in [0.717, 1.165) is 27.2 Å². The monoisotopic (exact) mass is 369 g/mol. The lowest BCUT2D eigenvalue weighted by molar-refractivity contribution is 0.749. The van der Waals surface area contributed by atoms with Crippen LogP contribution in [0.15, 0.2) is 47.1 Å². The molecule has 4 heteroatoms. The van der Waals surface area contributed by atoms with E-state index in [9.17, 15) is 0 Å². The second-order valence-electron chi connectivity index (χ2n) is 6.38. The summed E-state index contributed by atoms with van der Waals surface area (Å²) in [6, 6.07) is 13.3. The molecular weight excluding hydrogens is 350 g/mol. The summed E-state index contributed by atoms with van der Waals surface area (Å²) in [5, 5.41) is 3.75. The molecule has 2 heterocycles. The molecule has 1 fully saturated rings. The highest BCUT2D eigenvalue weighted by Crippen LogP contribution is 2.32. The first-order valence-corrected chi connectivity index (χ1v) is 9.01. The Morgan fingerprint density at radius 2 is 1.83 bits per heavy atom. The second-order valence-corrected chi connectivity index (χ2v) is 7.29. The van der Waals surface area contributed by atoms with E-state index in [-0.39, 0.29) is 0 Å². The van der Waals surface area contributed by atoms with Crippen molar-refractivity contribution in [2.24, 2.45) is 0 Å². The van der Waals surface area contributed by atoms with Gasteiger partial charge >= 0.3 is 0 Å². The molecule has 0 spiro atoms. The van der Waals surface area contributed by atoms with Crippen LogP contribution < -0.4 is 5.32 Å². The molecule has 118 valence electrons. The number of benzene rings is 1. The number of anilines is 1. The van der Waals surface area contributed by atoms with Crippen molar-refractivity contribution in [2.45, 2.75) is 38.6 Å². The summed E-state index contributed by atoms with van der Waals surface area (Å²) in [7, 11) is 0. The number of pyridine rings is 1. The highest BCUT2D eigenvalue weighted by atomic mass is 79.9. The molecule has 1 aliphatic rings. The van der Waals surface area contributed by atoms with E-state index >= 15 is 0 Å². The van der Waals surface area contributed by atoms with Gasteiger partial charge in [-0.2, -0.15) is 0 Å². The maximum atomic E-state index is 4.88. The zero-order valence-electron chi connectivity index (χ0n) is 13.2. The molecule has 3 aromatic rings. The van der Waals surface area contributed by atoms with Gasteiger partial charge in [0.15, 0.2) is 0 Å². The van der Waals surface area contributed by atoms with Gasteiger partial charge in [0.05, 0.1) is 0 Å². The summed E-state index contributed by atoms with van der Waals surface area (Å²) >= 11 is 3.58. The molecule has 0 radical (unpaired) electrons. The van der Waals surface area contributed by atoms with Gasteiger partial charge in [-0.05, 0) is 47.8 Å². The van der Waals surface area contributed by atoms with Crippen LogP contribution >= 0.6 is 15.9 Å². The first-order chi connectivity index (χ1) is 11.2. The van der Waals surface area contributed by atoms with Gasteiger partial charge in [-0.1, -0.05) is 42.7 Å². The van der Waals surface area contributed by atoms with Crippen molar-refractivity contribution in [3.63, 3.8) is 0 Å². The molecular formula is C19H20BrN3. The van der Waals surface area contributed by atoms with Gasteiger partial charge in [0.2, 0.25) is 0 Å². The van der Waals surface area contributed by atoms with E-state index in [1.54, 1.807) is 0 Å². The maximum Gasteiger partial charge on any atom is 0.139 e. The molecule has 1 N–H and O–H groups in total. The smallest absolute Gasteiger partial charge is 0.139 e. The van der Waals surface area contributed by atoms with Gasteiger partial charge in [-0.25, -0.2) is 4.98 Å². The molecule has 0 amide bonds. The van der Waals surface area contributed by atoms with E-state index in [2.05, 4.69) is 69.1 Å². The largest absolute Gasteiger partial charge is 0.367 e. The Balaban J connectivity index is 1.85. The van der Waals surface area contributed by atoms with Gasteiger partial charge in [-0.15, -0.1) is 0 Å². The first-order valence-electron chi connectivity index (χ1n) is 8.22. The predicted molar refractivity (Wildman–Crippen MR) is 98.9 cm³/mol. The molecule has 0 saturated heterocycles. The molecule has 0 unspecified atom stereocenters. The van der Waals surface area contributed by atoms with Crippen LogP contribution in [-0.4, -0.2) is 15.4 Å². The average molecular weight is 370 g/mol. The highest BCUT2D eigenvalue weighted by Gasteiger charge is 2.20. The van der Waals surface area contributed by atoms with Crippen LogP contribution in [0.4, 0.5) is 5.82 Å². The fourth-order valence-corrected chi connectivity index (χ4v) is 3.67. The Morgan fingerprint density at radius 3 is 2.57 bits per heavy atom. The van der Waals surface area contributed by atoms with Crippen molar-refractivity contribution in [1.82, 2.24) is 9.38 Å². The van der Waals surface area contributed by atoms with Crippen molar-refractivity contribution in [3.05, 3.63) is 52.6 Å². The summed E-state index contributed by atoms with van der Waals surface area (Å²) < 4.78 is 3.23. The zero-order chi connectivity index (χ0) is 15.8. The van der Waals surface area contributed by atoms with Crippen LogP contribution in [0.2, 0.25) is 0 Å². The fraction of sp³-hybridized carbons (Fsp3) is 0.316. The van der Waals surface area contributed by atoms with E-state index in [0.29, 0.717) is 6.04 Å². The number of hydrogen-bond acceptors (Lipinski definition) is 2. The molecule has 1 saturated carbocycles. The number of hydrogen-bond donors (Lipinski definition) is 1. The molecule has 0 bridgehead atoms. The van der Waals surface area contributed by atoms with Crippen LogP contribution in [0.3, 0.4) is 0 Å². The number of aromatic nitrogens is 2. The predicted octanol–water partition coefficient (Wildman–Crippen LogP) is 5.43. The van der Waals surface area contributed by atoms with Crippen LogP contribution in [-0.2, 0) is 0 Å². The van der Waals surface area contributed by atoms with Crippen LogP contribution in [0.25, 0.3) is 16.9 Å². The second kappa shape index (κ2) is 6.00. The van der Waals surface area contributed by atoms with Gasteiger partial charge in [0.1, 0.15) is 17.2 Å². The van der Waals surface area contributed by atoms with E-state index in [1.807, 2.05) is 6.07 Å². The van der Waals surface area contributed by atoms with Crippen molar-refractivity contribution >= 4 is 27.4 Å². The molecule has 2 aromatic heterocycles. The maximum absolute atomic E-state index is 4.88. The molecule has 4 rings (SSSR count). The number of imidazole rings is 1. The Hall–Kier alpha value is -1.81. The average Bonchev–Trinajstić information content (AvgIpc) is 3.17. The van der Waals surface area contributed by atoms with E-state index in [1.165, 1.54) is 31.2 Å². The Morgan fingerprint density at radius 1 is 1.09 bits per heavy atom. The van der Waals surface area contributed by atoms with Crippen molar-refractivity contribution in [2.75, 3.05) is 5.32 Å². The van der Waals surface area contributed by atoms with Crippen molar-refractivity contribution < 1.29 is 0 Å². The molecule has 0 aliphatic heterocycles. The summed E-state index contributed by atoms with van der Waals surface area (Å²) in [5.41, 5.74) is 4.45. The highest BCUT2D eigenvalue weighted by molar-refractivity contribution is 9.10. The zero-order valence-corrected chi connectivity index (χ0v) is 14.8. The normalized spacial score (nSPS) is 15.4. The van der Waals surface area contributed by atoms with E-state index in [4.69, 9.17) is 4.98 Å². The Kier molecular flexibility index (Phi) is 3.85. The SMILES string of the molecule is Cc1ccc(-c2nc3ccc(Br)cn3c2NC2CCCC2)cc1. The van der Waals surface area contributed by atoms with E-state index < -0.39 is 0 Å². The van der Waals surface area contributed by atoms with Crippen molar-refractivity contribution in [1.29, 1.82) is 0 Å². The van der Waals surface area contributed by atoms with Crippen LogP contribution in [0.1, 0.15) is 31.2 Å². The van der Waals surface area contributed by atoms with Gasteiger partial charge in [0.25, 0.3) is 0 Å². The topological polar surface area (TPSA) is 29.3 Å². The quantitative estimate of drug-likeness (QED) is 0.666. The lowest BCUT2D eigenvalue weighted by Gasteiger charge is -2.15. The third-order valence-corrected chi connectivity index (χ3v) is 5.07. The number of halogens is 1. The summed E-state index contributed by atoms with van der Waals surface area (Å²) in [5.74, 6) is 1.11. The first kappa shape index (κ1) is 14.8. The molecule has 3 nitrogen and oxygen atoms in total. The van der Waals surface area contributed by atoms with Gasteiger partial charge in [0, 0.05) is 22.3 Å². The van der Waals surface area contributed by atoms with Gasteiger partial charge < -0.3 is 5.32 Å². The number of nitrogens with zero attached hydrogens (tertiary/aromatic N) is 2. The number of fused-ring (bicyclic) bond motifs is 1. The van der Waals surface area contributed by atoms with Crippen molar-refractivity contribution in [3.8, 4) is 11.3 Å². The lowest BCUT2D eigenvalue weighted by Crippen LogP contribution is -2.16. The number of aryl methyl sites for hydroxylation is 1. The van der Waals surface area contributed by atoms with Crippen LogP contribution in [0, 0.1) is 6.92 Å².